The largest absolute Gasteiger partial charge is 0.478 e. The lowest BCUT2D eigenvalue weighted by atomic mass is 10.2. The molecule has 3 rings (SSSR count). The van der Waals surface area contributed by atoms with Gasteiger partial charge in [-0.3, -0.25) is 4.98 Å². The Balaban J connectivity index is 1.85. The zero-order valence-electron chi connectivity index (χ0n) is 10.4. The van der Waals surface area contributed by atoms with E-state index >= 15 is 0 Å². The number of carbonyl (C=O) groups is 1. The number of pyridine rings is 1. The first-order valence-corrected chi connectivity index (χ1v) is 6.85. The van der Waals surface area contributed by atoms with Crippen LogP contribution in [0.25, 0.3) is 10.7 Å². The number of hydrogen-bond acceptors (Lipinski definition) is 4. The van der Waals surface area contributed by atoms with Gasteiger partial charge in [-0.15, -0.1) is 11.3 Å². The Morgan fingerprint density at radius 2 is 2.20 bits per heavy atom. The summed E-state index contributed by atoms with van der Waals surface area (Å²) in [5.41, 5.74) is 0.990. The summed E-state index contributed by atoms with van der Waals surface area (Å²) in [5, 5.41) is 10.9. The lowest BCUT2D eigenvalue weighted by Gasteiger charge is -2.06. The molecule has 0 aliphatic heterocycles. The monoisotopic (exact) mass is 285 g/mol. The Morgan fingerprint density at radius 3 is 2.85 bits per heavy atom. The number of imidazole rings is 1. The molecule has 20 heavy (non-hydrogen) atoms. The van der Waals surface area contributed by atoms with Crippen molar-refractivity contribution in [1.29, 1.82) is 0 Å². The molecule has 0 unspecified atom stereocenters. The van der Waals surface area contributed by atoms with Crippen molar-refractivity contribution in [2.24, 2.45) is 0 Å². The summed E-state index contributed by atoms with van der Waals surface area (Å²) in [6.45, 7) is 0.563. The molecule has 3 aromatic rings. The first kappa shape index (κ1) is 12.6. The molecular formula is C14H11N3O2S. The third-order valence-electron chi connectivity index (χ3n) is 2.86. The Bertz CT molecular complexity index is 717. The van der Waals surface area contributed by atoms with Gasteiger partial charge in [0.1, 0.15) is 5.82 Å². The summed E-state index contributed by atoms with van der Waals surface area (Å²) < 4.78 is 1.99. The second-order valence-electron chi connectivity index (χ2n) is 4.20. The minimum atomic E-state index is -0.967. The van der Waals surface area contributed by atoms with E-state index in [0.29, 0.717) is 6.54 Å². The lowest BCUT2D eigenvalue weighted by Crippen LogP contribution is -2.04. The van der Waals surface area contributed by atoms with Crippen LogP contribution in [0.2, 0.25) is 0 Å². The van der Waals surface area contributed by atoms with Gasteiger partial charge >= 0.3 is 5.97 Å². The topological polar surface area (TPSA) is 68.0 Å². The van der Waals surface area contributed by atoms with Crippen LogP contribution < -0.4 is 0 Å². The Labute approximate surface area is 119 Å². The highest BCUT2D eigenvalue weighted by Gasteiger charge is 2.08. The minimum absolute atomic E-state index is 0.192. The summed E-state index contributed by atoms with van der Waals surface area (Å²) >= 11 is 1.63. The van der Waals surface area contributed by atoms with Crippen molar-refractivity contribution in [3.05, 3.63) is 59.5 Å². The molecule has 0 amide bonds. The number of carboxylic acids is 1. The summed E-state index contributed by atoms with van der Waals surface area (Å²) in [5.74, 6) is -0.0740. The van der Waals surface area contributed by atoms with E-state index in [2.05, 4.69) is 9.97 Å². The smallest absolute Gasteiger partial charge is 0.337 e. The van der Waals surface area contributed by atoms with Crippen LogP contribution in [0.4, 0.5) is 0 Å². The number of hydrogen-bond donors (Lipinski definition) is 1. The first-order valence-electron chi connectivity index (χ1n) is 5.97. The molecule has 0 spiro atoms. The molecule has 3 aromatic heterocycles. The molecule has 0 radical (unpaired) electrons. The highest BCUT2D eigenvalue weighted by Crippen LogP contribution is 2.23. The molecule has 5 nitrogen and oxygen atoms in total. The third-order valence-corrected chi connectivity index (χ3v) is 3.73. The molecule has 6 heteroatoms. The van der Waals surface area contributed by atoms with Crippen LogP contribution in [-0.2, 0) is 6.54 Å². The average Bonchev–Trinajstić information content (AvgIpc) is 3.09. The lowest BCUT2D eigenvalue weighted by molar-refractivity contribution is 0.0696. The molecule has 0 atom stereocenters. The molecular weight excluding hydrogens is 274 g/mol. The van der Waals surface area contributed by atoms with Gasteiger partial charge in [0.05, 0.1) is 22.7 Å². The average molecular weight is 285 g/mol. The number of thiophene rings is 1. The molecule has 0 bridgehead atoms. The first-order chi connectivity index (χ1) is 9.74. The van der Waals surface area contributed by atoms with Gasteiger partial charge in [0.25, 0.3) is 0 Å². The van der Waals surface area contributed by atoms with Gasteiger partial charge < -0.3 is 9.67 Å². The normalized spacial score (nSPS) is 10.6. The van der Waals surface area contributed by atoms with Crippen LogP contribution >= 0.6 is 11.3 Å². The van der Waals surface area contributed by atoms with Crippen LogP contribution in [-0.4, -0.2) is 25.6 Å². The summed E-state index contributed by atoms with van der Waals surface area (Å²) in [6, 6.07) is 7.29. The van der Waals surface area contributed by atoms with E-state index in [4.69, 9.17) is 5.11 Å². The molecule has 3 heterocycles. The van der Waals surface area contributed by atoms with E-state index in [1.165, 1.54) is 6.20 Å². The Hall–Kier alpha value is -2.47. The zero-order chi connectivity index (χ0) is 13.9. The Morgan fingerprint density at radius 1 is 1.30 bits per heavy atom. The molecule has 0 aliphatic carbocycles. The predicted molar refractivity (Wildman–Crippen MR) is 75.8 cm³/mol. The highest BCUT2D eigenvalue weighted by atomic mass is 32.1. The quantitative estimate of drug-likeness (QED) is 0.800. The van der Waals surface area contributed by atoms with Crippen LogP contribution in [0.15, 0.2) is 48.2 Å². The molecule has 0 fully saturated rings. The van der Waals surface area contributed by atoms with E-state index in [1.54, 1.807) is 29.7 Å². The molecule has 0 saturated heterocycles. The fourth-order valence-electron chi connectivity index (χ4n) is 1.89. The van der Waals surface area contributed by atoms with Gasteiger partial charge in [-0.2, -0.15) is 0 Å². The standard InChI is InChI=1S/C14H11N3O2S/c18-14(19)10-3-4-11(16-8-10)9-17-6-5-15-13(17)12-2-1-7-20-12/h1-8H,9H2,(H,18,19). The van der Waals surface area contributed by atoms with Crippen molar-refractivity contribution >= 4 is 17.3 Å². The van der Waals surface area contributed by atoms with Crippen molar-refractivity contribution in [3.8, 4) is 10.7 Å². The van der Waals surface area contributed by atoms with E-state index in [0.717, 1.165) is 16.4 Å². The van der Waals surface area contributed by atoms with Gasteiger partial charge in [-0.1, -0.05) is 6.07 Å². The van der Waals surface area contributed by atoms with Gasteiger partial charge in [0.15, 0.2) is 0 Å². The van der Waals surface area contributed by atoms with Gasteiger partial charge in [0, 0.05) is 18.6 Å². The maximum atomic E-state index is 10.8. The van der Waals surface area contributed by atoms with Gasteiger partial charge in [0.2, 0.25) is 0 Å². The molecule has 0 saturated carbocycles. The van der Waals surface area contributed by atoms with Crippen molar-refractivity contribution in [2.75, 3.05) is 0 Å². The zero-order valence-corrected chi connectivity index (χ0v) is 11.2. The molecule has 100 valence electrons. The third kappa shape index (κ3) is 2.46. The Kier molecular flexibility index (Phi) is 3.30. The minimum Gasteiger partial charge on any atom is -0.478 e. The number of aromatic nitrogens is 3. The second-order valence-corrected chi connectivity index (χ2v) is 5.15. The fraction of sp³-hybridized carbons (Fsp3) is 0.0714. The summed E-state index contributed by atoms with van der Waals surface area (Å²) in [4.78, 5) is 20.4. The van der Waals surface area contributed by atoms with Gasteiger partial charge in [-0.25, -0.2) is 9.78 Å². The van der Waals surface area contributed by atoms with E-state index in [-0.39, 0.29) is 5.56 Å². The fourth-order valence-corrected chi connectivity index (χ4v) is 2.62. The molecule has 1 N–H and O–H groups in total. The highest BCUT2D eigenvalue weighted by molar-refractivity contribution is 7.13. The van der Waals surface area contributed by atoms with Crippen LogP contribution in [0.3, 0.4) is 0 Å². The van der Waals surface area contributed by atoms with Crippen molar-refractivity contribution < 1.29 is 9.90 Å². The number of carboxylic acid groups (broad SMARTS) is 1. The maximum Gasteiger partial charge on any atom is 0.337 e. The maximum absolute atomic E-state index is 10.8. The predicted octanol–water partition coefficient (Wildman–Crippen LogP) is 2.75. The number of aromatic carboxylic acids is 1. The van der Waals surface area contributed by atoms with Crippen LogP contribution in [0.5, 0.6) is 0 Å². The van der Waals surface area contributed by atoms with Crippen molar-refractivity contribution in [1.82, 2.24) is 14.5 Å². The number of rotatable bonds is 4. The molecule has 0 aliphatic rings. The summed E-state index contributed by atoms with van der Waals surface area (Å²) in [6.07, 6.45) is 5.02. The van der Waals surface area contributed by atoms with Crippen LogP contribution in [0, 0.1) is 0 Å². The van der Waals surface area contributed by atoms with E-state index in [1.807, 2.05) is 28.3 Å². The second kappa shape index (κ2) is 5.26. The van der Waals surface area contributed by atoms with Crippen molar-refractivity contribution in [3.63, 3.8) is 0 Å². The SMILES string of the molecule is O=C(O)c1ccc(Cn2ccnc2-c2cccs2)nc1. The molecule has 0 aromatic carbocycles. The number of nitrogens with zero attached hydrogens (tertiary/aromatic N) is 3. The van der Waals surface area contributed by atoms with Crippen LogP contribution in [0.1, 0.15) is 16.1 Å². The van der Waals surface area contributed by atoms with E-state index < -0.39 is 5.97 Å². The van der Waals surface area contributed by atoms with Crippen molar-refractivity contribution in [2.45, 2.75) is 6.54 Å². The van der Waals surface area contributed by atoms with E-state index in [9.17, 15) is 4.79 Å². The van der Waals surface area contributed by atoms with Gasteiger partial charge in [-0.05, 0) is 23.6 Å². The summed E-state index contributed by atoms with van der Waals surface area (Å²) in [7, 11) is 0.